The highest BCUT2D eigenvalue weighted by molar-refractivity contribution is 6.08. The van der Waals surface area contributed by atoms with Crippen molar-refractivity contribution in [2.75, 3.05) is 0 Å². The summed E-state index contributed by atoms with van der Waals surface area (Å²) in [7, 11) is 0. The van der Waals surface area contributed by atoms with Gasteiger partial charge >= 0.3 is 0 Å². The van der Waals surface area contributed by atoms with Crippen LogP contribution in [0.15, 0.2) is 79.0 Å². The van der Waals surface area contributed by atoms with E-state index < -0.39 is 0 Å². The summed E-state index contributed by atoms with van der Waals surface area (Å²) in [4.78, 5) is 4.70. The van der Waals surface area contributed by atoms with Gasteiger partial charge in [0.1, 0.15) is 5.69 Å². The van der Waals surface area contributed by atoms with Crippen LogP contribution in [0.1, 0.15) is 11.1 Å². The van der Waals surface area contributed by atoms with Crippen molar-refractivity contribution in [3.63, 3.8) is 0 Å². The summed E-state index contributed by atoms with van der Waals surface area (Å²) >= 11 is 0. The number of aryl methyl sites for hydroxylation is 2. The third-order valence-corrected chi connectivity index (χ3v) is 4.99. The van der Waals surface area contributed by atoms with Gasteiger partial charge in [0.15, 0.2) is 0 Å². The van der Waals surface area contributed by atoms with Crippen molar-refractivity contribution in [1.29, 1.82) is 0 Å². The molecule has 0 radical (unpaired) electrons. The molecule has 0 unspecified atom stereocenters. The summed E-state index contributed by atoms with van der Waals surface area (Å²) in [6.07, 6.45) is 1.95. The predicted octanol–water partition coefficient (Wildman–Crippen LogP) is 5.86. The molecule has 3 aromatic carbocycles. The van der Waals surface area contributed by atoms with E-state index in [-0.39, 0.29) is 0 Å². The van der Waals surface area contributed by atoms with E-state index in [1.807, 2.05) is 24.4 Å². The van der Waals surface area contributed by atoms with E-state index in [2.05, 4.69) is 73.1 Å². The molecule has 0 aliphatic heterocycles. The molecule has 0 aliphatic rings. The molecule has 0 N–H and O–H groups in total. The molecule has 5 aromatic rings. The van der Waals surface area contributed by atoms with Crippen LogP contribution >= 0.6 is 0 Å². The van der Waals surface area contributed by atoms with Crippen LogP contribution in [0.2, 0.25) is 0 Å². The Balaban J connectivity index is 1.92. The van der Waals surface area contributed by atoms with Gasteiger partial charge in [0.05, 0.1) is 16.7 Å². The lowest BCUT2D eigenvalue weighted by atomic mass is 10.1. The molecule has 5 rings (SSSR count). The molecule has 0 spiro atoms. The number of nitrogens with zero attached hydrogens (tertiary/aromatic N) is 3. The fraction of sp³-hybridized carbons (Fsp3) is 0.0833. The highest BCUT2D eigenvalue weighted by atomic mass is 15.3. The summed E-state index contributed by atoms with van der Waals surface area (Å²) in [5.41, 5.74) is 7.66. The van der Waals surface area contributed by atoms with E-state index in [0.717, 1.165) is 38.8 Å². The average molecular weight is 349 g/mol. The van der Waals surface area contributed by atoms with E-state index >= 15 is 0 Å². The number of pyridine rings is 1. The zero-order valence-electron chi connectivity index (χ0n) is 15.3. The number of benzene rings is 3. The van der Waals surface area contributed by atoms with E-state index in [9.17, 15) is 0 Å². The molecule has 27 heavy (non-hydrogen) atoms. The SMILES string of the molecule is Cc1ccc(-n2nc(-c3ccccc3)c3cnc4ccc(C)cc4c32)cc1. The smallest absolute Gasteiger partial charge is 0.102 e. The maximum atomic E-state index is 5.02. The minimum absolute atomic E-state index is 0.960. The average Bonchev–Trinajstić information content (AvgIpc) is 3.09. The molecule has 0 fully saturated rings. The van der Waals surface area contributed by atoms with Gasteiger partial charge in [-0.1, -0.05) is 59.7 Å². The Morgan fingerprint density at radius 1 is 0.741 bits per heavy atom. The number of aromatic nitrogens is 3. The minimum atomic E-state index is 0.960. The second kappa shape index (κ2) is 6.06. The van der Waals surface area contributed by atoms with Gasteiger partial charge in [0.2, 0.25) is 0 Å². The van der Waals surface area contributed by atoms with Crippen LogP contribution in [-0.2, 0) is 0 Å². The van der Waals surface area contributed by atoms with Crippen molar-refractivity contribution in [1.82, 2.24) is 14.8 Å². The van der Waals surface area contributed by atoms with Crippen LogP contribution in [0.4, 0.5) is 0 Å². The topological polar surface area (TPSA) is 30.7 Å². The molecule has 3 nitrogen and oxygen atoms in total. The lowest BCUT2D eigenvalue weighted by molar-refractivity contribution is 0.917. The van der Waals surface area contributed by atoms with Gasteiger partial charge in [-0.2, -0.15) is 5.10 Å². The van der Waals surface area contributed by atoms with Gasteiger partial charge in [-0.05, 0) is 38.1 Å². The zero-order valence-corrected chi connectivity index (χ0v) is 15.3. The Kier molecular flexibility index (Phi) is 3.54. The quantitative estimate of drug-likeness (QED) is 0.400. The van der Waals surface area contributed by atoms with Gasteiger partial charge < -0.3 is 0 Å². The van der Waals surface area contributed by atoms with Crippen LogP contribution in [0, 0.1) is 13.8 Å². The highest BCUT2D eigenvalue weighted by Gasteiger charge is 2.17. The molecule has 3 heteroatoms. The van der Waals surface area contributed by atoms with Crippen LogP contribution in [0.3, 0.4) is 0 Å². The molecule has 0 atom stereocenters. The highest BCUT2D eigenvalue weighted by Crippen LogP contribution is 2.33. The maximum absolute atomic E-state index is 5.02. The predicted molar refractivity (Wildman–Crippen MR) is 111 cm³/mol. The molecule has 130 valence electrons. The number of hydrogen-bond acceptors (Lipinski definition) is 2. The fourth-order valence-corrected chi connectivity index (χ4v) is 3.58. The summed E-state index contributed by atoms with van der Waals surface area (Å²) in [6.45, 7) is 4.21. The fourth-order valence-electron chi connectivity index (χ4n) is 3.58. The van der Waals surface area contributed by atoms with Gasteiger partial charge in [-0.3, -0.25) is 4.98 Å². The van der Waals surface area contributed by atoms with E-state index in [0.29, 0.717) is 0 Å². The van der Waals surface area contributed by atoms with Crippen molar-refractivity contribution < 1.29 is 0 Å². The third kappa shape index (κ3) is 2.59. The normalized spacial score (nSPS) is 11.3. The molecular formula is C24H19N3. The largest absolute Gasteiger partial charge is 0.255 e. The lowest BCUT2D eigenvalue weighted by Crippen LogP contribution is -1.97. The molecular weight excluding hydrogens is 330 g/mol. The molecule has 2 heterocycles. The monoisotopic (exact) mass is 349 g/mol. The van der Waals surface area contributed by atoms with E-state index in [1.165, 1.54) is 11.1 Å². The third-order valence-electron chi connectivity index (χ3n) is 4.99. The van der Waals surface area contributed by atoms with Crippen LogP contribution in [0.5, 0.6) is 0 Å². The Bertz CT molecular complexity index is 1270. The van der Waals surface area contributed by atoms with Crippen LogP contribution < -0.4 is 0 Å². The van der Waals surface area contributed by atoms with E-state index in [4.69, 9.17) is 10.1 Å². The maximum Gasteiger partial charge on any atom is 0.102 e. The van der Waals surface area contributed by atoms with Crippen molar-refractivity contribution >= 4 is 21.8 Å². The number of rotatable bonds is 2. The van der Waals surface area contributed by atoms with E-state index in [1.54, 1.807) is 0 Å². The zero-order chi connectivity index (χ0) is 18.4. The Hall–Kier alpha value is -3.46. The first kappa shape index (κ1) is 15.8. The number of hydrogen-bond donors (Lipinski definition) is 0. The molecule has 0 bridgehead atoms. The van der Waals surface area contributed by atoms with Crippen molar-refractivity contribution in [3.8, 4) is 16.9 Å². The Morgan fingerprint density at radius 2 is 1.48 bits per heavy atom. The Morgan fingerprint density at radius 3 is 2.26 bits per heavy atom. The molecule has 2 aromatic heterocycles. The summed E-state index contributed by atoms with van der Waals surface area (Å²) < 4.78 is 2.06. The van der Waals surface area contributed by atoms with Crippen LogP contribution in [-0.4, -0.2) is 14.8 Å². The first-order chi connectivity index (χ1) is 13.2. The van der Waals surface area contributed by atoms with Gasteiger partial charge in [0, 0.05) is 22.5 Å². The Labute approximate surface area is 157 Å². The van der Waals surface area contributed by atoms with Crippen molar-refractivity contribution in [2.45, 2.75) is 13.8 Å². The molecule has 0 aliphatic carbocycles. The van der Waals surface area contributed by atoms with Gasteiger partial charge in [0.25, 0.3) is 0 Å². The standard InChI is InChI=1S/C24H19N3/c1-16-8-11-19(12-9-16)27-24-20-14-17(2)10-13-22(20)25-15-21(24)23(26-27)18-6-4-3-5-7-18/h3-15H,1-2H3. The second-order valence-electron chi connectivity index (χ2n) is 7.00. The lowest BCUT2D eigenvalue weighted by Gasteiger charge is -2.07. The van der Waals surface area contributed by atoms with Gasteiger partial charge in [-0.25, -0.2) is 4.68 Å². The van der Waals surface area contributed by atoms with Gasteiger partial charge in [-0.15, -0.1) is 0 Å². The molecule has 0 saturated heterocycles. The second-order valence-corrected chi connectivity index (χ2v) is 7.00. The molecule has 0 saturated carbocycles. The number of fused-ring (bicyclic) bond motifs is 3. The minimum Gasteiger partial charge on any atom is -0.255 e. The van der Waals surface area contributed by atoms with Crippen molar-refractivity contribution in [3.05, 3.63) is 90.1 Å². The molecule has 0 amide bonds. The summed E-state index contributed by atoms with van der Waals surface area (Å²) in [5, 5.41) is 7.21. The first-order valence-electron chi connectivity index (χ1n) is 9.11. The summed E-state index contributed by atoms with van der Waals surface area (Å²) in [6, 6.07) is 25.2. The first-order valence-corrected chi connectivity index (χ1v) is 9.11. The van der Waals surface area contributed by atoms with Crippen molar-refractivity contribution in [2.24, 2.45) is 0 Å². The van der Waals surface area contributed by atoms with Crippen LogP contribution in [0.25, 0.3) is 38.8 Å². The summed E-state index contributed by atoms with van der Waals surface area (Å²) in [5.74, 6) is 0.